The summed E-state index contributed by atoms with van der Waals surface area (Å²) in [6.45, 7) is 2.89. The Hall–Kier alpha value is -2.69. The van der Waals surface area contributed by atoms with Gasteiger partial charge < -0.3 is 4.90 Å². The van der Waals surface area contributed by atoms with Gasteiger partial charge in [-0.05, 0) is 42.5 Å². The molecule has 4 rings (SSSR count). The minimum Gasteiger partial charge on any atom is -0.333 e. The molecule has 0 bridgehead atoms. The van der Waals surface area contributed by atoms with Crippen molar-refractivity contribution in [1.82, 2.24) is 19.7 Å². The van der Waals surface area contributed by atoms with E-state index in [0.717, 1.165) is 25.8 Å². The second kappa shape index (κ2) is 7.28. The van der Waals surface area contributed by atoms with Crippen molar-refractivity contribution in [2.24, 2.45) is 0 Å². The second-order valence-electron chi connectivity index (χ2n) is 7.04. The van der Waals surface area contributed by atoms with Crippen molar-refractivity contribution >= 4 is 16.7 Å². The molecule has 0 spiro atoms. The largest absolute Gasteiger partial charge is 0.333 e. The number of hydrogen-bond acceptors (Lipinski definition) is 3. The Morgan fingerprint density at radius 3 is 2.81 bits per heavy atom. The Bertz CT molecular complexity index is 881. The smallest absolute Gasteiger partial charge is 0.223 e. The van der Waals surface area contributed by atoms with Gasteiger partial charge in [-0.15, -0.1) is 0 Å². The van der Waals surface area contributed by atoms with Crippen LogP contribution in [0.5, 0.6) is 0 Å². The zero-order valence-corrected chi connectivity index (χ0v) is 15.1. The number of benzene rings is 2. The van der Waals surface area contributed by atoms with E-state index in [2.05, 4.69) is 64.4 Å². The van der Waals surface area contributed by atoms with Crippen molar-refractivity contribution in [2.45, 2.75) is 51.2 Å². The predicted octanol–water partition coefficient (Wildman–Crippen LogP) is 3.96. The lowest BCUT2D eigenvalue weighted by atomic mass is 9.98. The number of aryl methyl sites for hydroxylation is 1. The Labute approximate surface area is 153 Å². The summed E-state index contributed by atoms with van der Waals surface area (Å²) in [5, 5.41) is 6.57. The van der Waals surface area contributed by atoms with Crippen LogP contribution >= 0.6 is 0 Å². The molecule has 0 N–H and O–H groups in total. The van der Waals surface area contributed by atoms with Crippen LogP contribution in [0.1, 0.15) is 44.2 Å². The molecule has 0 unspecified atom stereocenters. The lowest BCUT2D eigenvalue weighted by Gasteiger charge is -2.31. The van der Waals surface area contributed by atoms with Gasteiger partial charge in [-0.3, -0.25) is 9.48 Å². The normalized spacial score (nSPS) is 15.1. The molecule has 1 saturated carbocycles. The fourth-order valence-corrected chi connectivity index (χ4v) is 3.72. The van der Waals surface area contributed by atoms with E-state index in [0.29, 0.717) is 12.5 Å². The first-order chi connectivity index (χ1) is 12.7. The van der Waals surface area contributed by atoms with E-state index < -0.39 is 0 Å². The Balaban J connectivity index is 1.51. The maximum absolute atomic E-state index is 13.0. The van der Waals surface area contributed by atoms with E-state index in [9.17, 15) is 4.79 Å². The Morgan fingerprint density at radius 1 is 1.23 bits per heavy atom. The molecule has 5 heteroatoms. The minimum absolute atomic E-state index is 0.0903. The third kappa shape index (κ3) is 3.47. The monoisotopic (exact) mass is 348 g/mol. The van der Waals surface area contributed by atoms with Crippen LogP contribution in [0.25, 0.3) is 10.8 Å². The molecule has 1 fully saturated rings. The molecule has 0 radical (unpaired) electrons. The topological polar surface area (TPSA) is 51.0 Å². The van der Waals surface area contributed by atoms with E-state index in [1.807, 2.05) is 0 Å². The molecule has 1 atom stereocenters. The SMILES string of the molecule is C[C@H](c1cccc2ccccc12)N(C(=O)CCCn1cncn1)C1CC1. The van der Waals surface area contributed by atoms with Gasteiger partial charge in [0.25, 0.3) is 0 Å². The van der Waals surface area contributed by atoms with E-state index in [1.165, 1.54) is 22.7 Å². The third-order valence-corrected chi connectivity index (χ3v) is 5.16. The predicted molar refractivity (Wildman–Crippen MR) is 101 cm³/mol. The van der Waals surface area contributed by atoms with Gasteiger partial charge in [0.05, 0.1) is 6.04 Å². The highest BCUT2D eigenvalue weighted by Crippen LogP contribution is 2.37. The number of carbonyl (C=O) groups is 1. The van der Waals surface area contributed by atoms with Crippen LogP contribution in [0.2, 0.25) is 0 Å². The Morgan fingerprint density at radius 2 is 2.04 bits per heavy atom. The summed E-state index contributed by atoms with van der Waals surface area (Å²) in [7, 11) is 0. The number of amides is 1. The molecular weight excluding hydrogens is 324 g/mol. The van der Waals surface area contributed by atoms with E-state index in [4.69, 9.17) is 0 Å². The zero-order valence-electron chi connectivity index (χ0n) is 15.1. The van der Waals surface area contributed by atoms with Crippen molar-refractivity contribution in [1.29, 1.82) is 0 Å². The Kier molecular flexibility index (Phi) is 4.69. The summed E-state index contributed by atoms with van der Waals surface area (Å²) >= 11 is 0. The lowest BCUT2D eigenvalue weighted by molar-refractivity contribution is -0.134. The number of carbonyl (C=O) groups excluding carboxylic acids is 1. The van der Waals surface area contributed by atoms with Gasteiger partial charge in [0.1, 0.15) is 12.7 Å². The number of aromatic nitrogens is 3. The van der Waals surface area contributed by atoms with E-state index >= 15 is 0 Å². The zero-order chi connectivity index (χ0) is 17.9. The lowest BCUT2D eigenvalue weighted by Crippen LogP contribution is -2.35. The number of rotatable bonds is 7. The summed E-state index contributed by atoms with van der Waals surface area (Å²) in [5.74, 6) is 0.244. The first kappa shape index (κ1) is 16.8. The number of nitrogens with zero attached hydrogens (tertiary/aromatic N) is 4. The summed E-state index contributed by atoms with van der Waals surface area (Å²) < 4.78 is 1.78. The minimum atomic E-state index is 0.0903. The molecule has 26 heavy (non-hydrogen) atoms. The maximum Gasteiger partial charge on any atom is 0.223 e. The standard InChI is InChI=1S/C21H24N4O/c1-16(19-9-4-7-17-6-2-3-8-20(17)19)25(18-11-12-18)21(26)10-5-13-24-15-22-14-23-24/h2-4,6-9,14-16,18H,5,10-13H2,1H3/t16-/m1/s1. The second-order valence-corrected chi connectivity index (χ2v) is 7.04. The molecule has 3 aromatic rings. The highest BCUT2D eigenvalue weighted by atomic mass is 16.2. The third-order valence-electron chi connectivity index (χ3n) is 5.16. The average Bonchev–Trinajstić information content (AvgIpc) is 3.35. The highest BCUT2D eigenvalue weighted by Gasteiger charge is 2.36. The van der Waals surface area contributed by atoms with Crippen molar-refractivity contribution in [3.8, 4) is 0 Å². The molecule has 1 aliphatic rings. The van der Waals surface area contributed by atoms with E-state index in [1.54, 1.807) is 11.0 Å². The highest BCUT2D eigenvalue weighted by molar-refractivity contribution is 5.87. The molecule has 1 amide bonds. The number of hydrogen-bond donors (Lipinski definition) is 0. The van der Waals surface area contributed by atoms with Gasteiger partial charge in [0.2, 0.25) is 5.91 Å². The fourth-order valence-electron chi connectivity index (χ4n) is 3.72. The molecule has 2 aromatic carbocycles. The van der Waals surface area contributed by atoms with Gasteiger partial charge in [-0.2, -0.15) is 5.10 Å². The van der Waals surface area contributed by atoms with E-state index in [-0.39, 0.29) is 11.9 Å². The first-order valence-corrected chi connectivity index (χ1v) is 9.35. The van der Waals surface area contributed by atoms with Gasteiger partial charge in [-0.1, -0.05) is 42.5 Å². The van der Waals surface area contributed by atoms with Crippen molar-refractivity contribution in [2.75, 3.05) is 0 Å². The van der Waals surface area contributed by atoms with Gasteiger partial charge in [-0.25, -0.2) is 4.98 Å². The van der Waals surface area contributed by atoms with Crippen LogP contribution in [0.15, 0.2) is 55.1 Å². The summed E-state index contributed by atoms with van der Waals surface area (Å²) in [6, 6.07) is 15.3. The van der Waals surface area contributed by atoms with Crippen LogP contribution in [-0.2, 0) is 11.3 Å². The van der Waals surface area contributed by atoms with Gasteiger partial charge in [0, 0.05) is 19.0 Å². The fraction of sp³-hybridized carbons (Fsp3) is 0.381. The number of fused-ring (bicyclic) bond motifs is 1. The molecule has 1 aliphatic carbocycles. The van der Waals surface area contributed by atoms with Crippen molar-refractivity contribution in [3.05, 3.63) is 60.7 Å². The first-order valence-electron chi connectivity index (χ1n) is 9.35. The van der Waals surface area contributed by atoms with Crippen LogP contribution in [0.3, 0.4) is 0 Å². The molecule has 5 nitrogen and oxygen atoms in total. The van der Waals surface area contributed by atoms with Crippen molar-refractivity contribution < 1.29 is 4.79 Å². The van der Waals surface area contributed by atoms with Gasteiger partial charge in [0.15, 0.2) is 0 Å². The van der Waals surface area contributed by atoms with Crippen LogP contribution in [0.4, 0.5) is 0 Å². The quantitative estimate of drug-likeness (QED) is 0.649. The summed E-state index contributed by atoms with van der Waals surface area (Å²) in [5.41, 5.74) is 1.24. The molecular formula is C21H24N4O. The molecule has 134 valence electrons. The van der Waals surface area contributed by atoms with Crippen LogP contribution < -0.4 is 0 Å². The van der Waals surface area contributed by atoms with Crippen LogP contribution in [0, 0.1) is 0 Å². The molecule has 1 heterocycles. The van der Waals surface area contributed by atoms with Gasteiger partial charge >= 0.3 is 0 Å². The molecule has 0 aliphatic heterocycles. The van der Waals surface area contributed by atoms with Crippen molar-refractivity contribution in [3.63, 3.8) is 0 Å². The van der Waals surface area contributed by atoms with Crippen LogP contribution in [-0.4, -0.2) is 31.6 Å². The molecule has 1 aromatic heterocycles. The summed E-state index contributed by atoms with van der Waals surface area (Å²) in [6.07, 6.45) is 6.79. The maximum atomic E-state index is 13.0. The average molecular weight is 348 g/mol. The molecule has 0 saturated heterocycles. The summed E-state index contributed by atoms with van der Waals surface area (Å²) in [4.78, 5) is 19.0.